The van der Waals surface area contributed by atoms with Crippen molar-refractivity contribution in [1.82, 2.24) is 9.97 Å². The van der Waals surface area contributed by atoms with Gasteiger partial charge in [0.1, 0.15) is 0 Å². The van der Waals surface area contributed by atoms with Gasteiger partial charge in [-0.2, -0.15) is 0 Å². The first-order chi connectivity index (χ1) is 8.70. The first-order valence-electron chi connectivity index (χ1n) is 5.83. The lowest BCUT2D eigenvalue weighted by Crippen LogP contribution is -2.18. The second-order valence-corrected chi connectivity index (χ2v) is 3.90. The third kappa shape index (κ3) is 2.81. The average molecular weight is 245 g/mol. The Morgan fingerprint density at radius 2 is 2.11 bits per heavy atom. The first-order valence-corrected chi connectivity index (χ1v) is 5.83. The molecule has 0 fully saturated rings. The lowest BCUT2D eigenvalue weighted by atomic mass is 10.1. The van der Waals surface area contributed by atoms with Gasteiger partial charge >= 0.3 is 5.97 Å². The smallest absolute Gasteiger partial charge is 0.307 e. The fourth-order valence-electron chi connectivity index (χ4n) is 1.65. The van der Waals surface area contributed by atoms with Gasteiger partial charge in [-0.3, -0.25) is 9.78 Å². The number of esters is 1. The molecule has 5 heteroatoms. The van der Waals surface area contributed by atoms with Gasteiger partial charge in [0.2, 0.25) is 0 Å². The highest BCUT2D eigenvalue weighted by Gasteiger charge is 2.14. The van der Waals surface area contributed by atoms with Crippen LogP contribution in [0.25, 0.3) is 11.0 Å². The van der Waals surface area contributed by atoms with E-state index in [2.05, 4.69) is 9.97 Å². The van der Waals surface area contributed by atoms with Gasteiger partial charge in [-0.15, -0.1) is 0 Å². The number of rotatable bonds is 4. The molecule has 18 heavy (non-hydrogen) atoms. The van der Waals surface area contributed by atoms with Crippen molar-refractivity contribution in [1.29, 1.82) is 0 Å². The Bertz CT molecular complexity index is 557. The number of carbonyl (C=O) groups excluding carboxylic acids is 1. The van der Waals surface area contributed by atoms with Crippen LogP contribution >= 0.6 is 0 Å². The number of para-hydroxylation sites is 2. The lowest BCUT2D eigenvalue weighted by molar-refractivity contribution is -0.143. The summed E-state index contributed by atoms with van der Waals surface area (Å²) in [6.45, 7) is 2.12. The van der Waals surface area contributed by atoms with Crippen LogP contribution in [-0.4, -0.2) is 22.5 Å². The quantitative estimate of drug-likeness (QED) is 0.827. The van der Waals surface area contributed by atoms with Crippen molar-refractivity contribution in [2.75, 3.05) is 6.61 Å². The molecule has 0 aliphatic rings. The van der Waals surface area contributed by atoms with Gasteiger partial charge in [0.05, 0.1) is 42.0 Å². The number of benzene rings is 1. The molecule has 0 aliphatic heterocycles. The highest BCUT2D eigenvalue weighted by Crippen LogP contribution is 2.15. The van der Waals surface area contributed by atoms with E-state index in [1.165, 1.54) is 0 Å². The van der Waals surface area contributed by atoms with Crippen molar-refractivity contribution in [3.05, 3.63) is 36.2 Å². The normalized spacial score (nSPS) is 12.3. The molecule has 0 radical (unpaired) electrons. The summed E-state index contributed by atoms with van der Waals surface area (Å²) in [6, 6.07) is 7.04. The lowest BCUT2D eigenvalue weighted by Gasteiger charge is -2.10. The maximum atomic E-state index is 11.3. The topological polar surface area (TPSA) is 78.1 Å². The van der Waals surface area contributed by atoms with E-state index in [1.54, 1.807) is 13.1 Å². The summed E-state index contributed by atoms with van der Waals surface area (Å²) in [7, 11) is 0. The highest BCUT2D eigenvalue weighted by molar-refractivity contribution is 5.74. The number of hydrogen-bond acceptors (Lipinski definition) is 5. The van der Waals surface area contributed by atoms with E-state index in [0.717, 1.165) is 11.0 Å². The van der Waals surface area contributed by atoms with Gasteiger partial charge in [0.25, 0.3) is 0 Å². The minimum atomic E-state index is -0.485. The van der Waals surface area contributed by atoms with Gasteiger partial charge in [-0.25, -0.2) is 4.98 Å². The van der Waals surface area contributed by atoms with Crippen molar-refractivity contribution >= 4 is 17.0 Å². The molecular formula is C13H15N3O2. The van der Waals surface area contributed by atoms with E-state index in [4.69, 9.17) is 10.5 Å². The van der Waals surface area contributed by atoms with Crippen LogP contribution in [0.15, 0.2) is 30.5 Å². The molecular weight excluding hydrogens is 230 g/mol. The van der Waals surface area contributed by atoms with Gasteiger partial charge in [0, 0.05) is 0 Å². The maximum Gasteiger partial charge on any atom is 0.307 e. The Hall–Kier alpha value is -2.01. The SMILES string of the molecule is CCOC(=O)CC(N)c1cnc2ccccc2n1. The fraction of sp³-hybridized carbons (Fsp3) is 0.308. The van der Waals surface area contributed by atoms with Crippen LogP contribution in [0.1, 0.15) is 25.1 Å². The zero-order valence-electron chi connectivity index (χ0n) is 10.2. The molecule has 5 nitrogen and oxygen atoms in total. The molecule has 1 unspecified atom stereocenters. The van der Waals surface area contributed by atoms with Crippen molar-refractivity contribution in [2.24, 2.45) is 5.73 Å². The Labute approximate surface area is 105 Å². The van der Waals surface area contributed by atoms with Crippen LogP contribution in [0.2, 0.25) is 0 Å². The Morgan fingerprint density at radius 1 is 1.39 bits per heavy atom. The highest BCUT2D eigenvalue weighted by atomic mass is 16.5. The van der Waals surface area contributed by atoms with Crippen molar-refractivity contribution in [3.63, 3.8) is 0 Å². The standard InChI is InChI=1S/C13H15N3O2/c1-2-18-13(17)7-9(14)12-8-15-10-5-3-4-6-11(10)16-12/h3-6,8-9H,2,7,14H2,1H3. The van der Waals surface area contributed by atoms with Crippen molar-refractivity contribution < 1.29 is 9.53 Å². The van der Waals surface area contributed by atoms with Gasteiger partial charge < -0.3 is 10.5 Å². The Morgan fingerprint density at radius 3 is 2.83 bits per heavy atom. The van der Waals surface area contributed by atoms with Gasteiger partial charge in [-0.1, -0.05) is 12.1 Å². The molecule has 0 aliphatic carbocycles. The molecule has 2 aromatic rings. The summed E-state index contributed by atoms with van der Waals surface area (Å²) in [4.78, 5) is 20.0. The number of hydrogen-bond donors (Lipinski definition) is 1. The minimum absolute atomic E-state index is 0.112. The average Bonchev–Trinajstić information content (AvgIpc) is 2.38. The van der Waals surface area contributed by atoms with Gasteiger partial charge in [-0.05, 0) is 19.1 Å². The molecule has 0 spiro atoms. The molecule has 1 aromatic heterocycles. The van der Waals surface area contributed by atoms with Crippen molar-refractivity contribution in [3.8, 4) is 0 Å². The van der Waals surface area contributed by atoms with Crippen LogP contribution in [0.4, 0.5) is 0 Å². The van der Waals surface area contributed by atoms with Gasteiger partial charge in [0.15, 0.2) is 0 Å². The summed E-state index contributed by atoms with van der Waals surface area (Å²) < 4.78 is 4.85. The van der Waals surface area contributed by atoms with E-state index in [9.17, 15) is 4.79 Å². The Kier molecular flexibility index (Phi) is 3.84. The summed E-state index contributed by atoms with van der Waals surface area (Å²) in [5.74, 6) is -0.319. The van der Waals surface area contributed by atoms with E-state index < -0.39 is 6.04 Å². The number of carbonyl (C=O) groups is 1. The number of nitrogens with two attached hydrogens (primary N) is 1. The number of fused-ring (bicyclic) bond motifs is 1. The Balaban J connectivity index is 2.17. The fourth-order valence-corrected chi connectivity index (χ4v) is 1.65. The molecule has 2 rings (SSSR count). The predicted octanol–water partition coefficient (Wildman–Crippen LogP) is 1.58. The van der Waals surface area contributed by atoms with E-state index in [1.807, 2.05) is 24.3 Å². The molecule has 94 valence electrons. The second-order valence-electron chi connectivity index (χ2n) is 3.90. The molecule has 1 heterocycles. The van der Waals surface area contributed by atoms with E-state index >= 15 is 0 Å². The van der Waals surface area contributed by atoms with Crippen LogP contribution in [-0.2, 0) is 9.53 Å². The van der Waals surface area contributed by atoms with Crippen LogP contribution in [0, 0.1) is 0 Å². The first kappa shape index (κ1) is 12.4. The minimum Gasteiger partial charge on any atom is -0.466 e. The zero-order valence-corrected chi connectivity index (χ0v) is 10.2. The maximum absolute atomic E-state index is 11.3. The molecule has 1 aromatic carbocycles. The summed E-state index contributed by atoms with van der Waals surface area (Å²) in [5, 5.41) is 0. The van der Waals surface area contributed by atoms with E-state index in [-0.39, 0.29) is 12.4 Å². The summed E-state index contributed by atoms with van der Waals surface area (Å²) in [6.07, 6.45) is 1.72. The summed E-state index contributed by atoms with van der Waals surface area (Å²) >= 11 is 0. The van der Waals surface area contributed by atoms with Crippen molar-refractivity contribution in [2.45, 2.75) is 19.4 Å². The zero-order chi connectivity index (χ0) is 13.0. The molecule has 0 amide bonds. The number of nitrogens with zero attached hydrogens (tertiary/aromatic N) is 2. The number of aromatic nitrogens is 2. The molecule has 1 atom stereocenters. The predicted molar refractivity (Wildman–Crippen MR) is 67.7 cm³/mol. The van der Waals surface area contributed by atoms with Crippen LogP contribution in [0.3, 0.4) is 0 Å². The summed E-state index contributed by atoms with van der Waals surface area (Å²) in [5.41, 5.74) is 8.10. The molecule has 0 saturated carbocycles. The third-order valence-corrected chi connectivity index (χ3v) is 2.54. The molecule has 2 N–H and O–H groups in total. The third-order valence-electron chi connectivity index (χ3n) is 2.54. The largest absolute Gasteiger partial charge is 0.466 e. The molecule has 0 saturated heterocycles. The van der Waals surface area contributed by atoms with Crippen LogP contribution in [0.5, 0.6) is 0 Å². The monoisotopic (exact) mass is 245 g/mol. The van der Waals surface area contributed by atoms with Crippen LogP contribution < -0.4 is 5.73 Å². The second kappa shape index (κ2) is 5.55. The number of ether oxygens (including phenoxy) is 1. The van der Waals surface area contributed by atoms with E-state index in [0.29, 0.717) is 12.3 Å². The molecule has 0 bridgehead atoms.